The number of carbonyl (C=O) groups is 1. The van der Waals surface area contributed by atoms with Gasteiger partial charge in [-0.3, -0.25) is 4.79 Å². The van der Waals surface area contributed by atoms with E-state index in [2.05, 4.69) is 21.2 Å². The number of nitrogens with zero attached hydrogens (tertiary/aromatic N) is 1. The lowest BCUT2D eigenvalue weighted by Gasteiger charge is -2.13. The van der Waals surface area contributed by atoms with Crippen molar-refractivity contribution in [3.8, 4) is 0 Å². The number of carbonyl (C=O) groups excluding carboxylic acids is 1. The lowest BCUT2D eigenvalue weighted by Crippen LogP contribution is -2.14. The van der Waals surface area contributed by atoms with Crippen molar-refractivity contribution in [2.75, 3.05) is 24.3 Å². The highest BCUT2D eigenvalue weighted by atomic mass is 79.9. The molecule has 0 atom stereocenters. The van der Waals surface area contributed by atoms with Gasteiger partial charge in [-0.05, 0) is 35.9 Å². The van der Waals surface area contributed by atoms with Gasteiger partial charge in [0.05, 0.1) is 0 Å². The van der Waals surface area contributed by atoms with Gasteiger partial charge >= 0.3 is 0 Å². The standard InChI is InChI=1S/C16H17BrN2O/c1-19(2)15-5-3-4-13(10-15)16(20)18-14-8-6-12(11-17)7-9-14/h3-10H,11H2,1-2H3,(H,18,20). The maximum atomic E-state index is 12.2. The van der Waals surface area contributed by atoms with E-state index < -0.39 is 0 Å². The Morgan fingerprint density at radius 1 is 1.15 bits per heavy atom. The molecule has 0 radical (unpaired) electrons. The molecule has 0 fully saturated rings. The number of rotatable bonds is 4. The number of benzene rings is 2. The number of nitrogens with one attached hydrogen (secondary N) is 1. The normalized spacial score (nSPS) is 10.2. The predicted octanol–water partition coefficient (Wildman–Crippen LogP) is 3.90. The molecule has 3 nitrogen and oxygen atoms in total. The van der Waals surface area contributed by atoms with Crippen molar-refractivity contribution in [2.24, 2.45) is 0 Å². The van der Waals surface area contributed by atoms with Crippen molar-refractivity contribution in [1.29, 1.82) is 0 Å². The van der Waals surface area contributed by atoms with Crippen LogP contribution in [0.4, 0.5) is 11.4 Å². The van der Waals surface area contributed by atoms with Gasteiger partial charge in [0.15, 0.2) is 0 Å². The summed E-state index contributed by atoms with van der Waals surface area (Å²) in [5.74, 6) is -0.0970. The molecule has 1 amide bonds. The molecule has 104 valence electrons. The molecule has 2 aromatic carbocycles. The van der Waals surface area contributed by atoms with Crippen molar-refractivity contribution in [1.82, 2.24) is 0 Å². The number of hydrogen-bond acceptors (Lipinski definition) is 2. The molecule has 0 saturated carbocycles. The third kappa shape index (κ3) is 3.61. The highest BCUT2D eigenvalue weighted by molar-refractivity contribution is 9.08. The van der Waals surface area contributed by atoms with Crippen LogP contribution in [0, 0.1) is 0 Å². The van der Waals surface area contributed by atoms with Crippen LogP contribution in [-0.2, 0) is 5.33 Å². The molecule has 2 rings (SSSR count). The lowest BCUT2D eigenvalue weighted by atomic mass is 10.1. The first-order chi connectivity index (χ1) is 9.60. The minimum atomic E-state index is -0.0970. The van der Waals surface area contributed by atoms with Gasteiger partial charge in [-0.25, -0.2) is 0 Å². The molecule has 0 aromatic heterocycles. The Morgan fingerprint density at radius 2 is 1.85 bits per heavy atom. The third-order valence-electron chi connectivity index (χ3n) is 2.99. The Morgan fingerprint density at radius 3 is 2.45 bits per heavy atom. The molecule has 4 heteroatoms. The fourth-order valence-corrected chi connectivity index (χ4v) is 2.18. The van der Waals surface area contributed by atoms with E-state index in [0.717, 1.165) is 16.7 Å². The van der Waals surface area contributed by atoms with Crippen molar-refractivity contribution in [2.45, 2.75) is 5.33 Å². The summed E-state index contributed by atoms with van der Waals surface area (Å²) in [6.45, 7) is 0. The van der Waals surface area contributed by atoms with Crippen LogP contribution in [0.25, 0.3) is 0 Å². The highest BCUT2D eigenvalue weighted by Crippen LogP contribution is 2.16. The van der Waals surface area contributed by atoms with Crippen molar-refractivity contribution < 1.29 is 4.79 Å². The van der Waals surface area contributed by atoms with Gasteiger partial charge in [0, 0.05) is 36.4 Å². The Bertz CT molecular complexity index is 594. The molecule has 0 heterocycles. The van der Waals surface area contributed by atoms with E-state index in [4.69, 9.17) is 0 Å². The molecule has 0 aliphatic carbocycles. The van der Waals surface area contributed by atoms with E-state index in [1.54, 1.807) is 0 Å². The quantitative estimate of drug-likeness (QED) is 0.861. The Balaban J connectivity index is 2.12. The zero-order valence-corrected chi connectivity index (χ0v) is 13.1. The number of hydrogen-bond donors (Lipinski definition) is 1. The van der Waals surface area contributed by atoms with Gasteiger partial charge in [0.2, 0.25) is 0 Å². The first-order valence-corrected chi connectivity index (χ1v) is 7.46. The second-order valence-corrected chi connectivity index (χ2v) is 5.29. The second-order valence-electron chi connectivity index (χ2n) is 4.73. The zero-order valence-electron chi connectivity index (χ0n) is 11.6. The van der Waals surface area contributed by atoms with Gasteiger partial charge in [0.1, 0.15) is 0 Å². The molecular weight excluding hydrogens is 316 g/mol. The summed E-state index contributed by atoms with van der Waals surface area (Å²) in [4.78, 5) is 14.2. The van der Waals surface area contributed by atoms with Gasteiger partial charge in [-0.2, -0.15) is 0 Å². The van der Waals surface area contributed by atoms with Crippen molar-refractivity contribution >= 4 is 33.2 Å². The summed E-state index contributed by atoms with van der Waals surface area (Å²) in [5, 5.41) is 3.71. The maximum absolute atomic E-state index is 12.2. The molecule has 0 aliphatic heterocycles. The van der Waals surface area contributed by atoms with Gasteiger partial charge < -0.3 is 10.2 Å². The van der Waals surface area contributed by atoms with Gasteiger partial charge in [0.25, 0.3) is 5.91 Å². The minimum Gasteiger partial charge on any atom is -0.378 e. The summed E-state index contributed by atoms with van der Waals surface area (Å²) < 4.78 is 0. The first-order valence-electron chi connectivity index (χ1n) is 6.34. The second kappa shape index (κ2) is 6.57. The minimum absolute atomic E-state index is 0.0970. The Hall–Kier alpha value is -1.81. The van der Waals surface area contributed by atoms with E-state index >= 15 is 0 Å². The van der Waals surface area contributed by atoms with E-state index in [1.807, 2.05) is 67.5 Å². The molecule has 0 saturated heterocycles. The molecule has 2 aromatic rings. The molecule has 0 bridgehead atoms. The molecule has 1 N–H and O–H groups in total. The fraction of sp³-hybridized carbons (Fsp3) is 0.188. The average molecular weight is 333 g/mol. The number of amides is 1. The van der Waals surface area contributed by atoms with Crippen LogP contribution in [0.3, 0.4) is 0 Å². The SMILES string of the molecule is CN(C)c1cccc(C(=O)Nc2ccc(CBr)cc2)c1. The maximum Gasteiger partial charge on any atom is 0.255 e. The third-order valence-corrected chi connectivity index (χ3v) is 3.64. The predicted molar refractivity (Wildman–Crippen MR) is 87.8 cm³/mol. The molecule has 0 aliphatic rings. The van der Waals surface area contributed by atoms with E-state index in [-0.39, 0.29) is 5.91 Å². The highest BCUT2D eigenvalue weighted by Gasteiger charge is 2.07. The van der Waals surface area contributed by atoms with Crippen LogP contribution >= 0.6 is 15.9 Å². The lowest BCUT2D eigenvalue weighted by molar-refractivity contribution is 0.102. The number of anilines is 2. The summed E-state index contributed by atoms with van der Waals surface area (Å²) in [5.41, 5.74) is 3.64. The van der Waals surface area contributed by atoms with Crippen LogP contribution in [0.15, 0.2) is 48.5 Å². The van der Waals surface area contributed by atoms with Crippen LogP contribution in [0.2, 0.25) is 0 Å². The topological polar surface area (TPSA) is 32.3 Å². The van der Waals surface area contributed by atoms with E-state index in [1.165, 1.54) is 5.56 Å². The smallest absolute Gasteiger partial charge is 0.255 e. The summed E-state index contributed by atoms with van der Waals surface area (Å²) in [7, 11) is 3.91. The fourth-order valence-electron chi connectivity index (χ4n) is 1.81. The largest absolute Gasteiger partial charge is 0.378 e. The Kier molecular flexibility index (Phi) is 4.79. The van der Waals surface area contributed by atoms with Crippen LogP contribution < -0.4 is 10.2 Å². The molecule has 0 unspecified atom stereocenters. The summed E-state index contributed by atoms with van der Waals surface area (Å²) in [6.07, 6.45) is 0. The van der Waals surface area contributed by atoms with Crippen molar-refractivity contribution in [3.63, 3.8) is 0 Å². The summed E-state index contributed by atoms with van der Waals surface area (Å²) >= 11 is 3.40. The molecule has 20 heavy (non-hydrogen) atoms. The zero-order chi connectivity index (χ0) is 14.5. The van der Waals surface area contributed by atoms with E-state index in [0.29, 0.717) is 5.56 Å². The van der Waals surface area contributed by atoms with Crippen molar-refractivity contribution in [3.05, 3.63) is 59.7 Å². The van der Waals surface area contributed by atoms with Crippen LogP contribution in [0.1, 0.15) is 15.9 Å². The van der Waals surface area contributed by atoms with Crippen LogP contribution in [-0.4, -0.2) is 20.0 Å². The summed E-state index contributed by atoms with van der Waals surface area (Å²) in [6, 6.07) is 15.3. The molecule has 0 spiro atoms. The van der Waals surface area contributed by atoms with Gasteiger partial charge in [-0.1, -0.05) is 34.1 Å². The van der Waals surface area contributed by atoms with Crippen LogP contribution in [0.5, 0.6) is 0 Å². The Labute approximate surface area is 127 Å². The van der Waals surface area contributed by atoms with Gasteiger partial charge in [-0.15, -0.1) is 0 Å². The number of alkyl halides is 1. The number of halogens is 1. The first kappa shape index (κ1) is 14.6. The average Bonchev–Trinajstić information content (AvgIpc) is 2.48. The monoisotopic (exact) mass is 332 g/mol. The molecular formula is C16H17BrN2O. The van der Waals surface area contributed by atoms with E-state index in [9.17, 15) is 4.79 Å².